The SMILES string of the molecule is N.N.O=C(O)CC(O)(CC(=O)O)C(=O)O.[Fe].[Fe]. The van der Waals surface area contributed by atoms with E-state index in [0.29, 0.717) is 0 Å². The van der Waals surface area contributed by atoms with Gasteiger partial charge < -0.3 is 32.7 Å². The molecule has 0 fully saturated rings. The number of rotatable bonds is 5. The van der Waals surface area contributed by atoms with Crippen LogP contribution in [-0.2, 0) is 48.5 Å². The van der Waals surface area contributed by atoms with E-state index in [1.54, 1.807) is 0 Å². The Morgan fingerprint density at radius 2 is 1.06 bits per heavy atom. The fourth-order valence-electron chi connectivity index (χ4n) is 0.714. The number of hydrogen-bond acceptors (Lipinski definition) is 6. The summed E-state index contributed by atoms with van der Waals surface area (Å²) < 4.78 is 0. The third kappa shape index (κ3) is 11.6. The van der Waals surface area contributed by atoms with Gasteiger partial charge in [0.15, 0.2) is 5.60 Å². The Bertz CT molecular complexity index is 245. The van der Waals surface area contributed by atoms with E-state index in [4.69, 9.17) is 20.4 Å². The van der Waals surface area contributed by atoms with Gasteiger partial charge in [0.05, 0.1) is 12.8 Å². The summed E-state index contributed by atoms with van der Waals surface area (Å²) in [7, 11) is 0. The minimum absolute atomic E-state index is 0. The molecule has 0 atom stereocenters. The first kappa shape index (κ1) is 29.9. The predicted molar refractivity (Wildman–Crippen MR) is 47.1 cm³/mol. The van der Waals surface area contributed by atoms with Gasteiger partial charge >= 0.3 is 17.9 Å². The molecule has 0 aromatic rings. The number of carboxylic acid groups (broad SMARTS) is 3. The van der Waals surface area contributed by atoms with Crippen molar-refractivity contribution in [3.63, 3.8) is 0 Å². The molecule has 11 heteroatoms. The van der Waals surface area contributed by atoms with Crippen molar-refractivity contribution in [1.29, 1.82) is 0 Å². The quantitative estimate of drug-likeness (QED) is 0.342. The third-order valence-corrected chi connectivity index (χ3v) is 1.29. The molecule has 0 aliphatic carbocycles. The van der Waals surface area contributed by atoms with Gasteiger partial charge in [0.2, 0.25) is 0 Å². The van der Waals surface area contributed by atoms with Crippen LogP contribution in [-0.4, -0.2) is 43.9 Å². The van der Waals surface area contributed by atoms with Crippen LogP contribution in [0, 0.1) is 0 Å². The topological polar surface area (TPSA) is 202 Å². The number of hydrogen-bond donors (Lipinski definition) is 6. The zero-order valence-corrected chi connectivity index (χ0v) is 10.8. The predicted octanol–water partition coefficient (Wildman–Crippen LogP) is -0.930. The first-order valence-electron chi connectivity index (χ1n) is 3.17. The van der Waals surface area contributed by atoms with Gasteiger partial charge in [-0.05, 0) is 0 Å². The van der Waals surface area contributed by atoms with Crippen molar-refractivity contribution >= 4 is 17.9 Å². The minimum atomic E-state index is -2.74. The summed E-state index contributed by atoms with van der Waals surface area (Å²) in [4.78, 5) is 30.5. The van der Waals surface area contributed by atoms with E-state index < -0.39 is 36.4 Å². The largest absolute Gasteiger partial charge is 0.481 e. The maximum absolute atomic E-state index is 10.3. The normalized spacial score (nSPS) is 8.29. The Morgan fingerprint density at radius 3 is 1.18 bits per heavy atom. The molecule has 106 valence electrons. The summed E-state index contributed by atoms with van der Waals surface area (Å²) in [5, 5.41) is 33.8. The number of carboxylic acids is 3. The third-order valence-electron chi connectivity index (χ3n) is 1.29. The second-order valence-electron chi connectivity index (χ2n) is 2.48. The second-order valence-corrected chi connectivity index (χ2v) is 2.48. The molecule has 0 radical (unpaired) electrons. The van der Waals surface area contributed by atoms with E-state index in [1.807, 2.05) is 0 Å². The zero-order chi connectivity index (χ0) is 10.6. The maximum atomic E-state index is 10.3. The first-order chi connectivity index (χ1) is 5.78. The number of aliphatic hydroxyl groups is 1. The summed E-state index contributed by atoms with van der Waals surface area (Å²) >= 11 is 0. The Morgan fingerprint density at radius 1 is 0.824 bits per heavy atom. The molecule has 10 N–H and O–H groups in total. The molecular weight excluding hydrogens is 324 g/mol. The molecule has 9 nitrogen and oxygen atoms in total. The van der Waals surface area contributed by atoms with Gasteiger partial charge in [-0.1, -0.05) is 0 Å². The Balaban J connectivity index is -0.000000120. The van der Waals surface area contributed by atoms with E-state index in [0.717, 1.165) is 0 Å². The molecular formula is C6H14Fe2N2O7. The van der Waals surface area contributed by atoms with Gasteiger partial charge in [0, 0.05) is 34.1 Å². The fraction of sp³-hybridized carbons (Fsp3) is 0.500. The van der Waals surface area contributed by atoms with E-state index in [1.165, 1.54) is 0 Å². The van der Waals surface area contributed by atoms with Crippen LogP contribution in [0.15, 0.2) is 0 Å². The summed E-state index contributed by atoms with van der Waals surface area (Å²) in [6.07, 6.45) is -2.29. The molecule has 0 rings (SSSR count). The van der Waals surface area contributed by atoms with Crippen LogP contribution < -0.4 is 12.3 Å². The average molecular weight is 338 g/mol. The van der Waals surface area contributed by atoms with Crippen LogP contribution in [0.5, 0.6) is 0 Å². The second kappa shape index (κ2) is 11.8. The molecule has 0 spiro atoms. The molecule has 0 bridgehead atoms. The molecule has 0 aromatic carbocycles. The standard InChI is InChI=1S/C6H8O7.2Fe.2H3N/c7-3(8)1-6(13,5(11)12)2-4(9)10;;;;/h13H,1-2H2,(H,7,8)(H,9,10)(H,11,12);;;2*1H3. The van der Waals surface area contributed by atoms with Crippen LogP contribution >= 0.6 is 0 Å². The fourth-order valence-corrected chi connectivity index (χ4v) is 0.714. The molecule has 0 aliphatic heterocycles. The molecule has 17 heavy (non-hydrogen) atoms. The van der Waals surface area contributed by atoms with Crippen LogP contribution in [0.2, 0.25) is 0 Å². The van der Waals surface area contributed by atoms with Crippen LogP contribution in [0.1, 0.15) is 12.8 Å². The van der Waals surface area contributed by atoms with Crippen molar-refractivity contribution < 1.29 is 68.9 Å². The van der Waals surface area contributed by atoms with E-state index in [9.17, 15) is 14.4 Å². The van der Waals surface area contributed by atoms with Crippen LogP contribution in [0.3, 0.4) is 0 Å². The molecule has 0 aliphatic rings. The first-order valence-corrected chi connectivity index (χ1v) is 3.17. The van der Waals surface area contributed by atoms with Crippen LogP contribution in [0.4, 0.5) is 0 Å². The zero-order valence-electron chi connectivity index (χ0n) is 8.55. The van der Waals surface area contributed by atoms with Gasteiger partial charge in [-0.3, -0.25) is 9.59 Å². The van der Waals surface area contributed by atoms with Gasteiger partial charge in [-0.2, -0.15) is 0 Å². The average Bonchev–Trinajstić information content (AvgIpc) is 1.82. The summed E-state index contributed by atoms with van der Waals surface area (Å²) in [6.45, 7) is 0. The van der Waals surface area contributed by atoms with Gasteiger partial charge in [-0.15, -0.1) is 0 Å². The molecule has 0 saturated heterocycles. The number of carbonyl (C=O) groups is 3. The molecule has 0 unspecified atom stereocenters. The summed E-state index contributed by atoms with van der Waals surface area (Å²) in [6, 6.07) is 0. The monoisotopic (exact) mass is 338 g/mol. The van der Waals surface area contributed by atoms with Crippen molar-refractivity contribution in [1.82, 2.24) is 12.3 Å². The maximum Gasteiger partial charge on any atom is 0.336 e. The molecule has 0 amide bonds. The Labute approximate surface area is 118 Å². The van der Waals surface area contributed by atoms with Crippen molar-refractivity contribution in [2.24, 2.45) is 0 Å². The van der Waals surface area contributed by atoms with Gasteiger partial charge in [-0.25, -0.2) is 4.79 Å². The number of aliphatic carboxylic acids is 3. The van der Waals surface area contributed by atoms with E-state index in [-0.39, 0.29) is 46.4 Å². The van der Waals surface area contributed by atoms with Crippen molar-refractivity contribution in [3.8, 4) is 0 Å². The van der Waals surface area contributed by atoms with Gasteiger partial charge in [0.25, 0.3) is 0 Å². The molecule has 0 heterocycles. The van der Waals surface area contributed by atoms with E-state index >= 15 is 0 Å². The molecule has 0 aromatic heterocycles. The Hall–Kier alpha value is -0.671. The molecule has 0 saturated carbocycles. The van der Waals surface area contributed by atoms with Crippen molar-refractivity contribution in [2.75, 3.05) is 0 Å². The Kier molecular flexibility index (Phi) is 20.8. The van der Waals surface area contributed by atoms with Crippen molar-refractivity contribution in [3.05, 3.63) is 0 Å². The minimum Gasteiger partial charge on any atom is -0.481 e. The summed E-state index contributed by atoms with van der Waals surface area (Å²) in [5.41, 5.74) is -2.74. The van der Waals surface area contributed by atoms with Gasteiger partial charge in [0.1, 0.15) is 0 Å². The van der Waals surface area contributed by atoms with Crippen molar-refractivity contribution in [2.45, 2.75) is 18.4 Å². The van der Waals surface area contributed by atoms with Crippen LogP contribution in [0.25, 0.3) is 0 Å². The summed E-state index contributed by atoms with van der Waals surface area (Å²) in [5.74, 6) is -5.02. The smallest absolute Gasteiger partial charge is 0.336 e. The van der Waals surface area contributed by atoms with E-state index in [2.05, 4.69) is 0 Å².